The van der Waals surface area contributed by atoms with E-state index in [1.54, 1.807) is 0 Å². The number of benzene rings is 1. The molecule has 17 heavy (non-hydrogen) atoms. The van der Waals surface area contributed by atoms with E-state index in [1.807, 2.05) is 0 Å². The fourth-order valence-corrected chi connectivity index (χ4v) is 1.17. The third-order valence-electron chi connectivity index (χ3n) is 2.01. The van der Waals surface area contributed by atoms with Crippen LogP contribution in [0.25, 0.3) is 0 Å². The van der Waals surface area contributed by atoms with Crippen LogP contribution in [0, 0.1) is 0 Å². The second kappa shape index (κ2) is 5.17. The molecular weight excluding hydrogens is 261 g/mol. The summed E-state index contributed by atoms with van der Waals surface area (Å²) in [4.78, 5) is 0. The van der Waals surface area contributed by atoms with Crippen molar-refractivity contribution in [1.82, 2.24) is 0 Å². The van der Waals surface area contributed by atoms with Gasteiger partial charge >= 0.3 is 41.9 Å². The van der Waals surface area contributed by atoms with Crippen LogP contribution >= 0.6 is 0 Å². The van der Waals surface area contributed by atoms with Crippen LogP contribution in [0.4, 0.5) is 26.3 Å². The molecule has 0 bridgehead atoms. The fraction of sp³-hybridized carbons (Fsp3) is 0.333. The van der Waals surface area contributed by atoms with Crippen molar-refractivity contribution >= 4 is 29.6 Å². The van der Waals surface area contributed by atoms with Crippen LogP contribution in [0.2, 0.25) is 0 Å². The van der Waals surface area contributed by atoms with Gasteiger partial charge in [0.1, 0.15) is 0 Å². The summed E-state index contributed by atoms with van der Waals surface area (Å²) in [5.74, 6) is 0. The molecule has 1 N–H and O–H groups in total. The minimum atomic E-state index is -5.83. The van der Waals surface area contributed by atoms with Gasteiger partial charge in [-0.1, -0.05) is 30.3 Å². The SMILES string of the molecule is OC(c1ccccc1)(C(F)(F)F)C(F)(F)F.[NaH]. The van der Waals surface area contributed by atoms with E-state index in [-0.39, 0.29) is 29.6 Å². The molecule has 0 saturated heterocycles. The average molecular weight is 268 g/mol. The summed E-state index contributed by atoms with van der Waals surface area (Å²) in [6, 6.07) is 4.36. The van der Waals surface area contributed by atoms with Crippen LogP contribution in [0.3, 0.4) is 0 Å². The van der Waals surface area contributed by atoms with E-state index in [1.165, 1.54) is 6.07 Å². The zero-order valence-electron chi connectivity index (χ0n) is 7.60. The zero-order chi connectivity index (χ0) is 12.6. The van der Waals surface area contributed by atoms with Gasteiger partial charge in [-0.15, -0.1) is 0 Å². The Bertz CT molecular complexity index is 344. The quantitative estimate of drug-likeness (QED) is 0.612. The number of rotatable bonds is 1. The van der Waals surface area contributed by atoms with E-state index in [0.717, 1.165) is 12.1 Å². The van der Waals surface area contributed by atoms with E-state index in [2.05, 4.69) is 0 Å². The number of halogens is 6. The van der Waals surface area contributed by atoms with Gasteiger partial charge in [-0.3, -0.25) is 0 Å². The topological polar surface area (TPSA) is 20.2 Å². The first-order valence-electron chi connectivity index (χ1n) is 4.02. The number of alkyl halides is 6. The van der Waals surface area contributed by atoms with Crippen LogP contribution in [0.5, 0.6) is 0 Å². The van der Waals surface area contributed by atoms with Gasteiger partial charge in [0.15, 0.2) is 0 Å². The van der Waals surface area contributed by atoms with Crippen LogP contribution in [-0.2, 0) is 5.60 Å². The van der Waals surface area contributed by atoms with Crippen LogP contribution < -0.4 is 0 Å². The van der Waals surface area contributed by atoms with Crippen molar-refractivity contribution < 1.29 is 31.4 Å². The summed E-state index contributed by atoms with van der Waals surface area (Å²) in [7, 11) is 0. The standard InChI is InChI=1S/C9H6F6O.Na.H/c10-8(11,12)7(16,9(13,14)15)6-4-2-1-3-5-6;;/h1-5,16H;;. The minimum absolute atomic E-state index is 0. The maximum atomic E-state index is 12.3. The van der Waals surface area contributed by atoms with Gasteiger partial charge in [-0.2, -0.15) is 26.3 Å². The average Bonchev–Trinajstić information content (AvgIpc) is 2.14. The first-order chi connectivity index (χ1) is 7.11. The summed E-state index contributed by atoms with van der Waals surface area (Å²) in [6.07, 6.45) is -11.7. The number of hydrogen-bond acceptors (Lipinski definition) is 1. The maximum absolute atomic E-state index is 12.3. The Morgan fingerprint density at radius 3 is 1.41 bits per heavy atom. The molecule has 0 aliphatic rings. The normalized spacial score (nSPS) is 13.1. The summed E-state index contributed by atoms with van der Waals surface area (Å²) in [5.41, 5.74) is -6.09. The Morgan fingerprint density at radius 1 is 0.765 bits per heavy atom. The first-order valence-corrected chi connectivity index (χ1v) is 4.02. The van der Waals surface area contributed by atoms with Crippen molar-refractivity contribution in [2.75, 3.05) is 0 Å². The zero-order valence-corrected chi connectivity index (χ0v) is 7.60. The van der Waals surface area contributed by atoms with Crippen molar-refractivity contribution in [3.05, 3.63) is 35.9 Å². The van der Waals surface area contributed by atoms with Gasteiger partial charge in [0.2, 0.25) is 0 Å². The van der Waals surface area contributed by atoms with Crippen molar-refractivity contribution in [3.63, 3.8) is 0 Å². The molecule has 0 amide bonds. The van der Waals surface area contributed by atoms with Crippen LogP contribution in [-0.4, -0.2) is 47.0 Å². The van der Waals surface area contributed by atoms with Crippen molar-refractivity contribution in [2.45, 2.75) is 18.0 Å². The molecule has 0 aliphatic carbocycles. The van der Waals surface area contributed by atoms with Crippen molar-refractivity contribution in [1.29, 1.82) is 0 Å². The molecule has 0 radical (unpaired) electrons. The molecule has 1 nitrogen and oxygen atoms in total. The molecule has 92 valence electrons. The van der Waals surface area contributed by atoms with Gasteiger partial charge in [-0.25, -0.2) is 0 Å². The molecule has 0 saturated carbocycles. The molecule has 0 aromatic heterocycles. The van der Waals surface area contributed by atoms with Crippen molar-refractivity contribution in [3.8, 4) is 0 Å². The summed E-state index contributed by atoms with van der Waals surface area (Å²) < 4.78 is 73.9. The summed E-state index contributed by atoms with van der Waals surface area (Å²) in [6.45, 7) is 0. The molecule has 0 spiro atoms. The van der Waals surface area contributed by atoms with Crippen LogP contribution in [0.15, 0.2) is 30.3 Å². The van der Waals surface area contributed by atoms with E-state index >= 15 is 0 Å². The summed E-state index contributed by atoms with van der Waals surface area (Å²) >= 11 is 0. The van der Waals surface area contributed by atoms with E-state index in [4.69, 9.17) is 5.11 Å². The van der Waals surface area contributed by atoms with Gasteiger partial charge in [-0.05, 0) is 0 Å². The van der Waals surface area contributed by atoms with Crippen LogP contribution in [0.1, 0.15) is 5.56 Å². The van der Waals surface area contributed by atoms with E-state index in [0.29, 0.717) is 12.1 Å². The number of aliphatic hydroxyl groups is 1. The Kier molecular flexibility index (Phi) is 5.10. The molecule has 1 rings (SSSR count). The van der Waals surface area contributed by atoms with Gasteiger partial charge in [0.05, 0.1) is 0 Å². The third-order valence-corrected chi connectivity index (χ3v) is 2.01. The first kappa shape index (κ1) is 16.8. The molecule has 0 aliphatic heterocycles. The van der Waals surface area contributed by atoms with Gasteiger partial charge in [0, 0.05) is 5.56 Å². The number of hydrogen-bond donors (Lipinski definition) is 1. The predicted octanol–water partition coefficient (Wildman–Crippen LogP) is 2.35. The molecule has 1 aromatic rings. The monoisotopic (exact) mass is 268 g/mol. The second-order valence-corrected chi connectivity index (χ2v) is 3.07. The molecule has 8 heteroatoms. The molecule has 0 unspecified atom stereocenters. The molecule has 0 atom stereocenters. The Morgan fingerprint density at radius 2 is 1.12 bits per heavy atom. The summed E-state index contributed by atoms with van der Waals surface area (Å²) in [5, 5.41) is 8.91. The van der Waals surface area contributed by atoms with Crippen molar-refractivity contribution in [2.24, 2.45) is 0 Å². The molecule has 0 heterocycles. The Balaban J connectivity index is 0.00000256. The second-order valence-electron chi connectivity index (χ2n) is 3.07. The molecule has 1 aromatic carbocycles. The van der Waals surface area contributed by atoms with Gasteiger partial charge < -0.3 is 5.11 Å². The molecule has 0 fully saturated rings. The Hall–Kier alpha value is -0.240. The fourth-order valence-electron chi connectivity index (χ4n) is 1.17. The molecular formula is C9H7F6NaO. The predicted molar refractivity (Wildman–Crippen MR) is 49.6 cm³/mol. The van der Waals surface area contributed by atoms with Gasteiger partial charge in [0.25, 0.3) is 5.60 Å². The third kappa shape index (κ3) is 2.96. The van der Waals surface area contributed by atoms with E-state index in [9.17, 15) is 26.3 Å². The van der Waals surface area contributed by atoms with E-state index < -0.39 is 23.5 Å². The Labute approximate surface area is 115 Å².